The zero-order valence-electron chi connectivity index (χ0n) is 19.5. The molecule has 0 amide bonds. The highest BCUT2D eigenvalue weighted by Gasteiger charge is 2.25. The molecule has 0 atom stereocenters. The molecule has 10 heteroatoms. The molecule has 2 aromatic carbocycles. The Bertz CT molecular complexity index is 1470. The smallest absolute Gasteiger partial charge is 0.336 e. The van der Waals surface area contributed by atoms with Crippen LogP contribution in [0.15, 0.2) is 60.3 Å². The second kappa shape index (κ2) is 11.0. The zero-order valence-corrected chi connectivity index (χ0v) is 20.3. The van der Waals surface area contributed by atoms with Crippen LogP contribution < -0.4 is 9.47 Å². The van der Waals surface area contributed by atoms with Gasteiger partial charge in [0, 0.05) is 29.8 Å². The van der Waals surface area contributed by atoms with Crippen LogP contribution in [0.4, 0.5) is 4.39 Å². The fourth-order valence-corrected chi connectivity index (χ4v) is 4.19. The normalized spacial score (nSPS) is 11.8. The Labute approximate surface area is 210 Å². The molecule has 4 aromatic rings. The lowest BCUT2D eigenvalue weighted by Crippen LogP contribution is -2.14. The summed E-state index contributed by atoms with van der Waals surface area (Å²) in [6.07, 6.45) is 2.15. The van der Waals surface area contributed by atoms with E-state index in [9.17, 15) is 19.1 Å². The number of Topliss-reactive ketones (excluding diaryl/α,β-unsaturated/α-hetero) is 1. The van der Waals surface area contributed by atoms with Gasteiger partial charge in [-0.1, -0.05) is 13.0 Å². The van der Waals surface area contributed by atoms with Crippen LogP contribution in [0, 0.1) is 5.82 Å². The number of aromatic nitrogens is 3. The Balaban J connectivity index is 1.86. The average Bonchev–Trinajstić information content (AvgIpc) is 3.35. The van der Waals surface area contributed by atoms with E-state index in [0.717, 1.165) is 17.8 Å². The van der Waals surface area contributed by atoms with Gasteiger partial charge in [0.1, 0.15) is 11.0 Å². The van der Waals surface area contributed by atoms with E-state index in [1.54, 1.807) is 30.3 Å². The number of carboxylic acid groups (broad SMARTS) is 1. The van der Waals surface area contributed by atoms with Crippen LogP contribution in [0.2, 0.25) is 0 Å². The number of halogens is 1. The number of aliphatic carboxylic acids is 1. The van der Waals surface area contributed by atoms with E-state index in [1.807, 2.05) is 6.92 Å². The number of ketones is 1. The van der Waals surface area contributed by atoms with E-state index in [4.69, 9.17) is 9.47 Å². The monoisotopic (exact) mass is 507 g/mol. The standard InChI is InChI=1S/C26H22FN3O5S/c1-3-10-35-22-7-5-17(13-19(22)27)25(31)18(11-15-8-9-28-23(12-15)34-2)24(26(32)33)16-4-6-20-21(14-16)30-36-29-20/h4-9,12-14H,3,10-11H2,1-2H3,(H,32,33). The van der Waals surface area contributed by atoms with Gasteiger partial charge < -0.3 is 14.6 Å². The average molecular weight is 508 g/mol. The molecular weight excluding hydrogens is 485 g/mol. The summed E-state index contributed by atoms with van der Waals surface area (Å²) in [5, 5.41) is 10.2. The SMILES string of the molecule is CCCOc1ccc(C(=O)C(Cc2ccnc(OC)c2)=C(C(=O)O)c2ccc3nsnc3c2)cc1F. The zero-order chi connectivity index (χ0) is 25.7. The third-order valence-electron chi connectivity index (χ3n) is 5.38. The molecule has 0 radical (unpaired) electrons. The number of carboxylic acids is 1. The number of fused-ring (bicyclic) bond motifs is 1. The fraction of sp³-hybridized carbons (Fsp3) is 0.192. The van der Waals surface area contributed by atoms with Gasteiger partial charge in [-0.05, 0) is 53.9 Å². The van der Waals surface area contributed by atoms with E-state index < -0.39 is 17.6 Å². The quantitative estimate of drug-likeness (QED) is 0.236. The van der Waals surface area contributed by atoms with Crippen LogP contribution >= 0.6 is 11.7 Å². The molecule has 0 aliphatic carbocycles. The first-order valence-corrected chi connectivity index (χ1v) is 11.8. The summed E-state index contributed by atoms with van der Waals surface area (Å²) in [4.78, 5) is 30.3. The van der Waals surface area contributed by atoms with Gasteiger partial charge in [-0.2, -0.15) is 8.75 Å². The van der Waals surface area contributed by atoms with Gasteiger partial charge >= 0.3 is 5.97 Å². The number of pyridine rings is 1. The van der Waals surface area contributed by atoms with Crippen molar-refractivity contribution < 1.29 is 28.6 Å². The second-order valence-corrected chi connectivity index (χ2v) is 8.36. The van der Waals surface area contributed by atoms with Gasteiger partial charge in [0.25, 0.3) is 0 Å². The summed E-state index contributed by atoms with van der Waals surface area (Å²) in [7, 11) is 1.46. The molecule has 0 aliphatic heterocycles. The van der Waals surface area contributed by atoms with Gasteiger partial charge in [-0.3, -0.25) is 4.79 Å². The van der Waals surface area contributed by atoms with Crippen molar-refractivity contribution in [2.45, 2.75) is 19.8 Å². The highest BCUT2D eigenvalue weighted by Crippen LogP contribution is 2.29. The fourth-order valence-electron chi connectivity index (χ4n) is 3.67. The Morgan fingerprint density at radius 1 is 1.03 bits per heavy atom. The van der Waals surface area contributed by atoms with Crippen molar-refractivity contribution in [3.8, 4) is 11.6 Å². The number of nitrogens with zero attached hydrogens (tertiary/aromatic N) is 3. The summed E-state index contributed by atoms with van der Waals surface area (Å²) < 4.78 is 33.6. The van der Waals surface area contributed by atoms with Gasteiger partial charge in [-0.25, -0.2) is 14.2 Å². The van der Waals surface area contributed by atoms with Gasteiger partial charge in [0.2, 0.25) is 5.88 Å². The predicted octanol–water partition coefficient (Wildman–Crippen LogP) is 4.99. The van der Waals surface area contributed by atoms with Crippen LogP contribution in [0.1, 0.15) is 34.8 Å². The van der Waals surface area contributed by atoms with E-state index in [-0.39, 0.29) is 34.4 Å². The summed E-state index contributed by atoms with van der Waals surface area (Å²) in [6, 6.07) is 11.9. The summed E-state index contributed by atoms with van der Waals surface area (Å²) in [5.74, 6) is -2.29. The molecule has 0 unspecified atom stereocenters. The molecule has 0 aliphatic rings. The van der Waals surface area contributed by atoms with Crippen molar-refractivity contribution in [2.24, 2.45) is 0 Å². The lowest BCUT2D eigenvalue weighted by atomic mass is 9.89. The molecule has 1 N–H and O–H groups in total. The maximum Gasteiger partial charge on any atom is 0.336 e. The minimum atomic E-state index is -1.30. The van der Waals surface area contributed by atoms with Crippen LogP contribution in [-0.2, 0) is 11.2 Å². The van der Waals surface area contributed by atoms with E-state index in [0.29, 0.717) is 35.5 Å². The number of carbonyl (C=O) groups is 2. The molecule has 0 spiro atoms. The van der Waals surface area contributed by atoms with Crippen LogP contribution in [-0.4, -0.2) is 44.3 Å². The first-order valence-electron chi connectivity index (χ1n) is 11.1. The molecule has 2 aromatic heterocycles. The highest BCUT2D eigenvalue weighted by atomic mass is 32.1. The molecule has 0 bridgehead atoms. The Kier molecular flexibility index (Phi) is 7.65. The van der Waals surface area contributed by atoms with Crippen molar-refractivity contribution in [1.29, 1.82) is 0 Å². The number of hydrogen-bond acceptors (Lipinski definition) is 8. The topological polar surface area (TPSA) is 112 Å². The van der Waals surface area contributed by atoms with Crippen molar-refractivity contribution in [2.75, 3.05) is 13.7 Å². The van der Waals surface area contributed by atoms with Crippen LogP contribution in [0.25, 0.3) is 16.6 Å². The third-order valence-corrected chi connectivity index (χ3v) is 5.93. The van der Waals surface area contributed by atoms with Crippen LogP contribution in [0.3, 0.4) is 0 Å². The van der Waals surface area contributed by atoms with E-state index in [1.165, 1.54) is 25.4 Å². The number of carbonyl (C=O) groups excluding carboxylic acids is 1. The maximum absolute atomic E-state index is 14.7. The van der Waals surface area contributed by atoms with Crippen molar-refractivity contribution >= 4 is 40.1 Å². The lowest BCUT2D eigenvalue weighted by molar-refractivity contribution is -0.130. The molecule has 2 heterocycles. The number of allylic oxidation sites excluding steroid dienone is 1. The molecule has 0 saturated carbocycles. The van der Waals surface area contributed by atoms with Crippen molar-refractivity contribution in [3.63, 3.8) is 0 Å². The minimum Gasteiger partial charge on any atom is -0.491 e. The van der Waals surface area contributed by atoms with E-state index >= 15 is 0 Å². The van der Waals surface area contributed by atoms with Gasteiger partial charge in [0.15, 0.2) is 17.3 Å². The third kappa shape index (κ3) is 5.38. The van der Waals surface area contributed by atoms with Crippen molar-refractivity contribution in [3.05, 3.63) is 82.8 Å². The number of benzene rings is 2. The van der Waals surface area contributed by atoms with Crippen molar-refractivity contribution in [1.82, 2.24) is 13.7 Å². The summed E-state index contributed by atoms with van der Waals surface area (Å²) >= 11 is 1.00. The molecule has 0 fully saturated rings. The van der Waals surface area contributed by atoms with E-state index in [2.05, 4.69) is 13.7 Å². The molecule has 36 heavy (non-hydrogen) atoms. The molecule has 0 saturated heterocycles. The van der Waals surface area contributed by atoms with Gasteiger partial charge in [0.05, 0.1) is 31.0 Å². The number of ether oxygens (including phenoxy) is 2. The largest absolute Gasteiger partial charge is 0.491 e. The highest BCUT2D eigenvalue weighted by molar-refractivity contribution is 7.00. The minimum absolute atomic E-state index is 0.00234. The Hall–Kier alpha value is -4.18. The maximum atomic E-state index is 14.7. The predicted molar refractivity (Wildman–Crippen MR) is 133 cm³/mol. The van der Waals surface area contributed by atoms with Crippen LogP contribution in [0.5, 0.6) is 11.6 Å². The summed E-state index contributed by atoms with van der Waals surface area (Å²) in [6.45, 7) is 2.23. The molecule has 4 rings (SSSR count). The number of methoxy groups -OCH3 is 1. The lowest BCUT2D eigenvalue weighted by Gasteiger charge is -2.14. The van der Waals surface area contributed by atoms with Gasteiger partial charge in [-0.15, -0.1) is 0 Å². The number of hydrogen-bond donors (Lipinski definition) is 1. The Morgan fingerprint density at radius 2 is 1.81 bits per heavy atom. The summed E-state index contributed by atoms with van der Waals surface area (Å²) in [5.41, 5.74) is 1.78. The first-order chi connectivity index (χ1) is 17.4. The second-order valence-electron chi connectivity index (χ2n) is 7.83. The molecule has 184 valence electrons. The molecule has 8 nitrogen and oxygen atoms in total. The Morgan fingerprint density at radius 3 is 2.53 bits per heavy atom. The molecular formula is C26H22FN3O5S. The first kappa shape index (κ1) is 24.9. The number of rotatable bonds is 10.